The zero-order chi connectivity index (χ0) is 13.1. The summed E-state index contributed by atoms with van der Waals surface area (Å²) in [5, 5.41) is 3.58. The third-order valence-corrected chi connectivity index (χ3v) is 3.89. The van der Waals surface area contributed by atoms with Gasteiger partial charge in [-0.3, -0.25) is 0 Å². The highest BCUT2D eigenvalue weighted by atomic mass is 16.7. The lowest BCUT2D eigenvalue weighted by Crippen LogP contribution is -2.33. The van der Waals surface area contributed by atoms with Gasteiger partial charge in [0.25, 0.3) is 0 Å². The maximum atomic E-state index is 5.47. The van der Waals surface area contributed by atoms with Gasteiger partial charge in [0.05, 0.1) is 0 Å². The number of benzene rings is 1. The van der Waals surface area contributed by atoms with Crippen LogP contribution in [-0.2, 0) is 0 Å². The third-order valence-electron chi connectivity index (χ3n) is 3.89. The number of ether oxygens (including phenoxy) is 2. The van der Waals surface area contributed by atoms with Crippen molar-refractivity contribution < 1.29 is 9.47 Å². The molecular formula is C15H22N2O2. The van der Waals surface area contributed by atoms with Crippen LogP contribution >= 0.6 is 0 Å². The predicted octanol–water partition coefficient (Wildman–Crippen LogP) is 2.16. The van der Waals surface area contributed by atoms with Gasteiger partial charge >= 0.3 is 0 Å². The molecule has 19 heavy (non-hydrogen) atoms. The Hall–Kier alpha value is -1.26. The van der Waals surface area contributed by atoms with Crippen LogP contribution in [-0.4, -0.2) is 37.9 Å². The molecule has 4 heteroatoms. The zero-order valence-corrected chi connectivity index (χ0v) is 11.5. The molecule has 0 amide bonds. The summed E-state index contributed by atoms with van der Waals surface area (Å²) in [4.78, 5) is 2.54. The van der Waals surface area contributed by atoms with Crippen LogP contribution in [0.25, 0.3) is 0 Å². The standard InChI is InChI=1S/C15H22N2O2/c1-2-16-13(10-17-7-3-4-8-17)12-5-6-14-15(9-12)19-11-18-14/h5-6,9,13,16H,2-4,7-8,10-11H2,1H3. The van der Waals surface area contributed by atoms with Crippen molar-refractivity contribution in [1.82, 2.24) is 10.2 Å². The Labute approximate surface area is 114 Å². The predicted molar refractivity (Wildman–Crippen MR) is 74.7 cm³/mol. The van der Waals surface area contributed by atoms with E-state index in [1.54, 1.807) is 0 Å². The Balaban J connectivity index is 1.74. The van der Waals surface area contributed by atoms with Crippen LogP contribution < -0.4 is 14.8 Å². The van der Waals surface area contributed by atoms with E-state index in [1.807, 2.05) is 6.07 Å². The molecule has 0 bridgehead atoms. The lowest BCUT2D eigenvalue weighted by atomic mass is 10.1. The molecule has 1 unspecified atom stereocenters. The number of rotatable bonds is 5. The average molecular weight is 262 g/mol. The van der Waals surface area contributed by atoms with Crippen LogP contribution in [0.1, 0.15) is 31.4 Å². The van der Waals surface area contributed by atoms with E-state index < -0.39 is 0 Å². The van der Waals surface area contributed by atoms with E-state index >= 15 is 0 Å². The minimum absolute atomic E-state index is 0.344. The summed E-state index contributed by atoms with van der Waals surface area (Å²) in [6, 6.07) is 6.66. The lowest BCUT2D eigenvalue weighted by Gasteiger charge is -2.24. The summed E-state index contributed by atoms with van der Waals surface area (Å²) in [5.41, 5.74) is 1.29. The van der Waals surface area contributed by atoms with Gasteiger partial charge in [-0.25, -0.2) is 0 Å². The molecule has 3 rings (SSSR count). The van der Waals surface area contributed by atoms with Crippen molar-refractivity contribution in [2.24, 2.45) is 0 Å². The quantitative estimate of drug-likeness (QED) is 0.881. The number of fused-ring (bicyclic) bond motifs is 1. The number of likely N-dealkylation sites (N-methyl/N-ethyl adjacent to an activating group) is 1. The van der Waals surface area contributed by atoms with Crippen molar-refractivity contribution in [3.05, 3.63) is 23.8 Å². The SMILES string of the molecule is CCNC(CN1CCCC1)c1ccc2c(c1)OCO2. The van der Waals surface area contributed by atoms with Crippen molar-refractivity contribution in [1.29, 1.82) is 0 Å². The van der Waals surface area contributed by atoms with Crippen molar-refractivity contribution in [3.8, 4) is 11.5 Å². The smallest absolute Gasteiger partial charge is 0.231 e. The molecule has 2 aliphatic heterocycles. The fourth-order valence-electron chi connectivity index (χ4n) is 2.89. The normalized spacial score (nSPS) is 19.8. The average Bonchev–Trinajstić information content (AvgIpc) is 3.08. The number of hydrogen-bond donors (Lipinski definition) is 1. The van der Waals surface area contributed by atoms with Crippen molar-refractivity contribution in [2.75, 3.05) is 33.0 Å². The summed E-state index contributed by atoms with van der Waals surface area (Å²) >= 11 is 0. The minimum atomic E-state index is 0.344. The molecule has 0 radical (unpaired) electrons. The van der Waals surface area contributed by atoms with E-state index in [9.17, 15) is 0 Å². The summed E-state index contributed by atoms with van der Waals surface area (Å²) in [6.07, 6.45) is 2.67. The van der Waals surface area contributed by atoms with E-state index in [-0.39, 0.29) is 0 Å². The van der Waals surface area contributed by atoms with Gasteiger partial charge in [0, 0.05) is 12.6 Å². The van der Waals surface area contributed by atoms with Crippen LogP contribution in [0.3, 0.4) is 0 Å². The first-order valence-electron chi connectivity index (χ1n) is 7.22. The number of likely N-dealkylation sites (tertiary alicyclic amines) is 1. The fourth-order valence-corrected chi connectivity index (χ4v) is 2.89. The minimum Gasteiger partial charge on any atom is -0.454 e. The third kappa shape index (κ3) is 2.85. The summed E-state index contributed by atoms with van der Waals surface area (Å²) in [7, 11) is 0. The van der Waals surface area contributed by atoms with E-state index in [0.29, 0.717) is 12.8 Å². The van der Waals surface area contributed by atoms with Crippen LogP contribution in [0.2, 0.25) is 0 Å². The molecule has 1 N–H and O–H groups in total. The van der Waals surface area contributed by atoms with Crippen LogP contribution in [0.4, 0.5) is 0 Å². The highest BCUT2D eigenvalue weighted by Crippen LogP contribution is 2.34. The maximum absolute atomic E-state index is 5.47. The van der Waals surface area contributed by atoms with Gasteiger partial charge < -0.3 is 19.7 Å². The Morgan fingerprint density at radius 2 is 2.00 bits per heavy atom. The Kier molecular flexibility index (Phi) is 3.89. The van der Waals surface area contributed by atoms with E-state index in [0.717, 1.165) is 24.6 Å². The van der Waals surface area contributed by atoms with Crippen molar-refractivity contribution in [3.63, 3.8) is 0 Å². The van der Waals surface area contributed by atoms with Gasteiger partial charge in [0.15, 0.2) is 11.5 Å². The van der Waals surface area contributed by atoms with Crippen LogP contribution in [0.5, 0.6) is 11.5 Å². The second kappa shape index (κ2) is 5.80. The molecule has 0 saturated carbocycles. The Morgan fingerprint density at radius 1 is 1.21 bits per heavy atom. The molecule has 0 spiro atoms. The molecule has 2 heterocycles. The van der Waals surface area contributed by atoms with E-state index in [4.69, 9.17) is 9.47 Å². The van der Waals surface area contributed by atoms with Gasteiger partial charge in [0.2, 0.25) is 6.79 Å². The zero-order valence-electron chi connectivity index (χ0n) is 11.5. The number of hydrogen-bond acceptors (Lipinski definition) is 4. The summed E-state index contributed by atoms with van der Waals surface area (Å²) < 4.78 is 10.8. The fraction of sp³-hybridized carbons (Fsp3) is 0.600. The van der Waals surface area contributed by atoms with Gasteiger partial charge in [0.1, 0.15) is 0 Å². The van der Waals surface area contributed by atoms with Gasteiger partial charge in [-0.15, -0.1) is 0 Å². The van der Waals surface area contributed by atoms with E-state index in [1.165, 1.54) is 31.5 Å². The molecule has 1 atom stereocenters. The van der Waals surface area contributed by atoms with Gasteiger partial charge in [-0.05, 0) is 50.2 Å². The molecule has 0 aliphatic carbocycles. The molecule has 4 nitrogen and oxygen atoms in total. The summed E-state index contributed by atoms with van der Waals surface area (Å²) in [6.45, 7) is 7.01. The molecule has 1 aromatic rings. The van der Waals surface area contributed by atoms with Crippen LogP contribution in [0, 0.1) is 0 Å². The first-order chi connectivity index (χ1) is 9.36. The highest BCUT2D eigenvalue weighted by molar-refractivity contribution is 5.45. The molecule has 0 aromatic heterocycles. The highest BCUT2D eigenvalue weighted by Gasteiger charge is 2.21. The monoisotopic (exact) mass is 262 g/mol. The van der Waals surface area contributed by atoms with Gasteiger partial charge in [-0.1, -0.05) is 13.0 Å². The molecule has 1 aromatic carbocycles. The molecule has 2 aliphatic rings. The summed E-state index contributed by atoms with van der Waals surface area (Å²) in [5.74, 6) is 1.74. The number of nitrogens with one attached hydrogen (secondary N) is 1. The van der Waals surface area contributed by atoms with E-state index in [2.05, 4.69) is 29.3 Å². The second-order valence-electron chi connectivity index (χ2n) is 5.23. The Morgan fingerprint density at radius 3 is 2.79 bits per heavy atom. The van der Waals surface area contributed by atoms with Crippen LogP contribution in [0.15, 0.2) is 18.2 Å². The maximum Gasteiger partial charge on any atom is 0.231 e. The molecular weight excluding hydrogens is 240 g/mol. The second-order valence-corrected chi connectivity index (χ2v) is 5.23. The van der Waals surface area contributed by atoms with Gasteiger partial charge in [-0.2, -0.15) is 0 Å². The molecule has 104 valence electrons. The largest absolute Gasteiger partial charge is 0.454 e. The first kappa shape index (κ1) is 12.8. The number of nitrogens with zero attached hydrogens (tertiary/aromatic N) is 1. The molecule has 1 saturated heterocycles. The Bertz CT molecular complexity index is 430. The van der Waals surface area contributed by atoms with Crippen molar-refractivity contribution in [2.45, 2.75) is 25.8 Å². The lowest BCUT2D eigenvalue weighted by molar-refractivity contribution is 0.174. The molecule has 1 fully saturated rings. The topological polar surface area (TPSA) is 33.7 Å². The first-order valence-corrected chi connectivity index (χ1v) is 7.22. The van der Waals surface area contributed by atoms with Crippen molar-refractivity contribution >= 4 is 0 Å².